The zero-order chi connectivity index (χ0) is 16.6. The average Bonchev–Trinajstić information content (AvgIpc) is 2.83. The molecule has 1 saturated heterocycles. The van der Waals surface area contributed by atoms with Gasteiger partial charge in [-0.3, -0.25) is 9.59 Å². The number of carbonyl (C=O) groups excluding carboxylic acids is 2. The largest absolute Gasteiger partial charge is 0.298 e. The molecule has 0 spiro atoms. The van der Waals surface area contributed by atoms with Gasteiger partial charge in [0.05, 0.1) is 10.6 Å². The number of benzene rings is 2. The van der Waals surface area contributed by atoms with Gasteiger partial charge in [-0.2, -0.15) is 0 Å². The first-order valence-corrected chi connectivity index (χ1v) is 7.95. The van der Waals surface area contributed by atoms with Crippen molar-refractivity contribution in [3.63, 3.8) is 0 Å². The fourth-order valence-electron chi connectivity index (χ4n) is 2.24. The highest BCUT2D eigenvalue weighted by Crippen LogP contribution is 2.39. The summed E-state index contributed by atoms with van der Waals surface area (Å²) in [6.07, 6.45) is 0. The first kappa shape index (κ1) is 15.8. The molecule has 2 aromatic carbocycles. The number of nitrogens with zero attached hydrogens (tertiary/aromatic N) is 1. The van der Waals surface area contributed by atoms with Crippen LogP contribution in [0.15, 0.2) is 53.4 Å². The van der Waals surface area contributed by atoms with Gasteiger partial charge < -0.3 is 0 Å². The van der Waals surface area contributed by atoms with Gasteiger partial charge in [-0.25, -0.2) is 9.29 Å². The topological polar surface area (TPSA) is 37.4 Å². The Labute approximate surface area is 141 Å². The molecule has 3 rings (SSSR count). The highest BCUT2D eigenvalue weighted by molar-refractivity contribution is 8.19. The first-order valence-electron chi connectivity index (χ1n) is 6.76. The monoisotopic (exact) mass is 347 g/mol. The van der Waals surface area contributed by atoms with Gasteiger partial charge in [0.25, 0.3) is 11.1 Å². The molecule has 23 heavy (non-hydrogen) atoms. The van der Waals surface area contributed by atoms with Crippen molar-refractivity contribution in [2.24, 2.45) is 0 Å². The van der Waals surface area contributed by atoms with Gasteiger partial charge in [0, 0.05) is 5.02 Å². The van der Waals surface area contributed by atoms with E-state index in [4.69, 9.17) is 11.6 Å². The molecule has 0 unspecified atom stereocenters. The Bertz CT molecular complexity index is 815. The van der Waals surface area contributed by atoms with Crippen LogP contribution in [0.25, 0.3) is 5.57 Å². The molecule has 2 amide bonds. The number of amides is 2. The molecule has 0 aliphatic carbocycles. The van der Waals surface area contributed by atoms with E-state index in [1.807, 2.05) is 0 Å². The van der Waals surface area contributed by atoms with Crippen molar-refractivity contribution in [1.82, 2.24) is 0 Å². The third-order valence-corrected chi connectivity index (χ3v) is 4.77. The minimum Gasteiger partial charge on any atom is -0.268 e. The number of hydrogen-bond acceptors (Lipinski definition) is 3. The molecule has 1 heterocycles. The van der Waals surface area contributed by atoms with Crippen LogP contribution in [0.1, 0.15) is 12.5 Å². The molecule has 6 heteroatoms. The van der Waals surface area contributed by atoms with Gasteiger partial charge in [0.2, 0.25) is 0 Å². The van der Waals surface area contributed by atoms with E-state index in [2.05, 4.69) is 0 Å². The maximum atomic E-state index is 13.0. The standard InChI is InChI=1S/C17H11ClFNO2S/c1-10(11-2-6-13(19)7-3-11)15-16(21)20(17(22)23-15)14-8-4-12(18)5-9-14/h2-9H,1H3/b15-10-. The van der Waals surface area contributed by atoms with Crippen LogP contribution in [0.5, 0.6) is 0 Å². The van der Waals surface area contributed by atoms with Gasteiger partial charge in [-0.1, -0.05) is 23.7 Å². The van der Waals surface area contributed by atoms with E-state index in [9.17, 15) is 14.0 Å². The third kappa shape index (κ3) is 3.02. The fourth-order valence-corrected chi connectivity index (χ4v) is 3.27. The highest BCUT2D eigenvalue weighted by Gasteiger charge is 2.37. The molecule has 1 aliphatic rings. The smallest absolute Gasteiger partial charge is 0.268 e. The van der Waals surface area contributed by atoms with Gasteiger partial charge in [-0.15, -0.1) is 0 Å². The van der Waals surface area contributed by atoms with Crippen molar-refractivity contribution in [3.05, 3.63) is 69.8 Å². The molecule has 0 saturated carbocycles. The first-order chi connectivity index (χ1) is 11.0. The quantitative estimate of drug-likeness (QED) is 0.708. The van der Waals surface area contributed by atoms with Crippen LogP contribution in [0.2, 0.25) is 5.02 Å². The van der Waals surface area contributed by atoms with E-state index in [0.29, 0.717) is 26.8 Å². The Morgan fingerprint density at radius 3 is 2.26 bits per heavy atom. The summed E-state index contributed by atoms with van der Waals surface area (Å²) >= 11 is 6.71. The molecule has 0 aromatic heterocycles. The van der Waals surface area contributed by atoms with Crippen molar-refractivity contribution >= 4 is 45.8 Å². The molecule has 1 aliphatic heterocycles. The zero-order valence-electron chi connectivity index (χ0n) is 12.0. The van der Waals surface area contributed by atoms with Crippen LogP contribution in [0.4, 0.5) is 14.9 Å². The van der Waals surface area contributed by atoms with E-state index in [1.165, 1.54) is 12.1 Å². The second-order valence-corrected chi connectivity index (χ2v) is 6.34. The zero-order valence-corrected chi connectivity index (χ0v) is 13.6. The minimum absolute atomic E-state index is 0.344. The number of hydrogen-bond donors (Lipinski definition) is 0. The lowest BCUT2D eigenvalue weighted by Crippen LogP contribution is -2.27. The van der Waals surface area contributed by atoms with Gasteiger partial charge in [-0.05, 0) is 66.2 Å². The van der Waals surface area contributed by atoms with Crippen molar-refractivity contribution < 1.29 is 14.0 Å². The average molecular weight is 348 g/mol. The lowest BCUT2D eigenvalue weighted by molar-refractivity contribution is -0.113. The summed E-state index contributed by atoms with van der Waals surface area (Å²) in [5.74, 6) is -0.736. The fraction of sp³-hybridized carbons (Fsp3) is 0.0588. The van der Waals surface area contributed by atoms with Crippen LogP contribution in [-0.4, -0.2) is 11.1 Å². The Balaban J connectivity index is 1.98. The normalized spacial score (nSPS) is 16.9. The lowest BCUT2D eigenvalue weighted by Gasteiger charge is -2.12. The van der Waals surface area contributed by atoms with Crippen LogP contribution < -0.4 is 4.90 Å². The summed E-state index contributed by atoms with van der Waals surface area (Å²) in [5, 5.41) is 0.160. The van der Waals surface area contributed by atoms with Crippen LogP contribution in [0, 0.1) is 5.82 Å². The highest BCUT2D eigenvalue weighted by atomic mass is 35.5. The second kappa shape index (κ2) is 6.18. The SMILES string of the molecule is C/C(=C1/SC(=O)N(c2ccc(Cl)cc2)C1=O)c1ccc(F)cc1. The summed E-state index contributed by atoms with van der Waals surface area (Å²) in [5.41, 5.74) is 1.82. The summed E-state index contributed by atoms with van der Waals surface area (Å²) in [6.45, 7) is 1.74. The van der Waals surface area contributed by atoms with Gasteiger partial charge in [0.15, 0.2) is 0 Å². The van der Waals surface area contributed by atoms with Gasteiger partial charge >= 0.3 is 0 Å². The molecular weight excluding hydrogens is 337 g/mol. The molecule has 0 radical (unpaired) electrons. The van der Waals surface area contributed by atoms with E-state index in [0.717, 1.165) is 16.7 Å². The molecule has 3 nitrogen and oxygen atoms in total. The van der Waals surface area contributed by atoms with Crippen LogP contribution >= 0.6 is 23.4 Å². The van der Waals surface area contributed by atoms with Gasteiger partial charge in [0.1, 0.15) is 5.82 Å². The molecule has 1 fully saturated rings. The summed E-state index contributed by atoms with van der Waals surface area (Å²) in [7, 11) is 0. The van der Waals surface area contributed by atoms with E-state index in [1.54, 1.807) is 43.3 Å². The summed E-state index contributed by atoms with van der Waals surface area (Å²) in [6, 6.07) is 12.3. The predicted molar refractivity (Wildman–Crippen MR) is 90.9 cm³/mol. The molecule has 0 N–H and O–H groups in total. The Morgan fingerprint density at radius 1 is 1.04 bits per heavy atom. The third-order valence-electron chi connectivity index (χ3n) is 3.47. The van der Waals surface area contributed by atoms with Crippen molar-refractivity contribution in [3.8, 4) is 0 Å². The second-order valence-electron chi connectivity index (χ2n) is 4.95. The number of rotatable bonds is 2. The number of halogens is 2. The van der Waals surface area contributed by atoms with E-state index >= 15 is 0 Å². The van der Waals surface area contributed by atoms with Crippen molar-refractivity contribution in [1.29, 1.82) is 0 Å². The summed E-state index contributed by atoms with van der Waals surface area (Å²) in [4.78, 5) is 26.3. The molecule has 0 atom stereocenters. The van der Waals surface area contributed by atoms with Crippen LogP contribution in [-0.2, 0) is 4.79 Å². The number of anilines is 1. The van der Waals surface area contributed by atoms with Crippen molar-refractivity contribution in [2.45, 2.75) is 6.92 Å². The van der Waals surface area contributed by atoms with E-state index < -0.39 is 0 Å². The maximum Gasteiger partial charge on any atom is 0.298 e. The molecule has 2 aromatic rings. The molecule has 0 bridgehead atoms. The number of carbonyl (C=O) groups is 2. The Kier molecular flexibility index (Phi) is 4.24. The summed E-state index contributed by atoms with van der Waals surface area (Å²) < 4.78 is 13.0. The lowest BCUT2D eigenvalue weighted by atomic mass is 10.1. The Hall–Kier alpha value is -2.11. The van der Waals surface area contributed by atoms with Crippen LogP contribution in [0.3, 0.4) is 0 Å². The minimum atomic E-state index is -0.385. The van der Waals surface area contributed by atoms with E-state index in [-0.39, 0.29) is 17.0 Å². The molecule has 116 valence electrons. The Morgan fingerprint density at radius 2 is 1.65 bits per heavy atom. The molecular formula is C17H11ClFNO2S. The number of thioether (sulfide) groups is 1. The maximum absolute atomic E-state index is 13.0. The number of allylic oxidation sites excluding steroid dienone is 1. The predicted octanol–water partition coefficient (Wildman–Crippen LogP) is 5.11. The van der Waals surface area contributed by atoms with Crippen molar-refractivity contribution in [2.75, 3.05) is 4.90 Å². The number of imide groups is 1.